The van der Waals surface area contributed by atoms with Gasteiger partial charge in [0.05, 0.1) is 18.7 Å². The molecule has 4 unspecified atom stereocenters. The van der Waals surface area contributed by atoms with E-state index in [1.807, 2.05) is 13.8 Å². The van der Waals surface area contributed by atoms with Crippen LogP contribution in [0, 0.1) is 5.92 Å². The Morgan fingerprint density at radius 3 is 1.96 bits per heavy atom. The van der Waals surface area contributed by atoms with Crippen LogP contribution in [0.4, 0.5) is 0 Å². The molecule has 0 radical (unpaired) electrons. The zero-order chi connectivity index (χ0) is 19.7. The monoisotopic (exact) mass is 360 g/mol. The molecule has 0 aliphatic rings. The molecule has 0 saturated carbocycles. The summed E-state index contributed by atoms with van der Waals surface area (Å²) in [5, 5.41) is 25.5. The molecule has 7 N–H and O–H groups in total. The number of carboxylic acids is 1. The molecule has 0 aromatic heterocycles. The van der Waals surface area contributed by atoms with Crippen molar-refractivity contribution in [3.63, 3.8) is 0 Å². The molecule has 144 valence electrons. The minimum Gasteiger partial charge on any atom is -0.480 e. The number of aliphatic carboxylic acids is 1. The van der Waals surface area contributed by atoms with Crippen LogP contribution in [0.1, 0.15) is 34.1 Å². The molecule has 0 rings (SSSR count). The number of hydrogen-bond donors (Lipinski definition) is 6. The summed E-state index contributed by atoms with van der Waals surface area (Å²) >= 11 is 0. The van der Waals surface area contributed by atoms with Gasteiger partial charge in [-0.15, -0.1) is 0 Å². The summed E-state index contributed by atoms with van der Waals surface area (Å²) in [5.41, 5.74) is 5.38. The summed E-state index contributed by atoms with van der Waals surface area (Å²) in [6.07, 6.45) is -0.964. The number of nitrogens with two attached hydrogens (primary N) is 1. The van der Waals surface area contributed by atoms with Gasteiger partial charge in [-0.25, -0.2) is 4.79 Å². The molecule has 10 heteroatoms. The third-order valence-corrected chi connectivity index (χ3v) is 3.24. The molecule has 0 bridgehead atoms. The Bertz CT molecular complexity index is 492. The highest BCUT2D eigenvalue weighted by Crippen LogP contribution is 2.04. The highest BCUT2D eigenvalue weighted by molar-refractivity contribution is 5.92. The zero-order valence-electron chi connectivity index (χ0n) is 14.9. The van der Waals surface area contributed by atoms with Crippen LogP contribution in [0.2, 0.25) is 0 Å². The number of aliphatic hydroxyl groups is 1. The van der Waals surface area contributed by atoms with E-state index in [4.69, 9.17) is 10.8 Å². The minimum absolute atomic E-state index is 0.0593. The van der Waals surface area contributed by atoms with E-state index in [1.165, 1.54) is 13.8 Å². The lowest BCUT2D eigenvalue weighted by Gasteiger charge is -2.22. The smallest absolute Gasteiger partial charge is 0.326 e. The van der Waals surface area contributed by atoms with E-state index in [-0.39, 0.29) is 12.3 Å². The summed E-state index contributed by atoms with van der Waals surface area (Å²) in [5.74, 6) is -3.21. The number of amides is 3. The number of carbonyl (C=O) groups excluding carboxylic acids is 3. The lowest BCUT2D eigenvalue weighted by molar-refractivity contribution is -0.142. The number of nitrogens with one attached hydrogen (secondary N) is 3. The first-order valence-electron chi connectivity index (χ1n) is 7.99. The normalized spacial score (nSPS) is 15.6. The molecule has 0 aromatic carbocycles. The van der Waals surface area contributed by atoms with E-state index in [0.717, 1.165) is 0 Å². The van der Waals surface area contributed by atoms with Gasteiger partial charge in [-0.05, 0) is 26.2 Å². The highest BCUT2D eigenvalue weighted by Gasteiger charge is 2.27. The second-order valence-electron chi connectivity index (χ2n) is 6.32. The number of carboxylic acid groups (broad SMARTS) is 1. The molecule has 25 heavy (non-hydrogen) atoms. The third kappa shape index (κ3) is 9.01. The largest absolute Gasteiger partial charge is 0.480 e. The van der Waals surface area contributed by atoms with Gasteiger partial charge in [0.25, 0.3) is 0 Å². The standard InChI is InChI=1S/C15H28N4O6/c1-7(2)5-10(15(24)25)18-11(21)6-17-14(23)12(9(4)20)19-13(22)8(3)16/h7-10,12,20H,5-6,16H2,1-4H3,(H,17,23)(H,18,21)(H,19,22)(H,24,25). The fourth-order valence-corrected chi connectivity index (χ4v) is 1.91. The molecule has 10 nitrogen and oxygen atoms in total. The van der Waals surface area contributed by atoms with E-state index in [0.29, 0.717) is 0 Å². The van der Waals surface area contributed by atoms with E-state index < -0.39 is 54.5 Å². The maximum Gasteiger partial charge on any atom is 0.326 e. The first kappa shape index (κ1) is 22.8. The Balaban J connectivity index is 4.64. The van der Waals surface area contributed by atoms with E-state index in [1.54, 1.807) is 0 Å². The van der Waals surface area contributed by atoms with E-state index in [9.17, 15) is 24.3 Å². The number of carbonyl (C=O) groups is 4. The zero-order valence-corrected chi connectivity index (χ0v) is 14.9. The van der Waals surface area contributed by atoms with Crippen LogP contribution in [0.15, 0.2) is 0 Å². The Kier molecular flexibility index (Phi) is 9.69. The molecule has 0 saturated heterocycles. The Morgan fingerprint density at radius 2 is 1.56 bits per heavy atom. The van der Waals surface area contributed by atoms with E-state index >= 15 is 0 Å². The van der Waals surface area contributed by atoms with Gasteiger partial charge >= 0.3 is 5.97 Å². The van der Waals surface area contributed by atoms with Crippen molar-refractivity contribution in [2.75, 3.05) is 6.54 Å². The quantitative estimate of drug-likeness (QED) is 0.260. The number of hydrogen-bond acceptors (Lipinski definition) is 6. The Labute approximate surface area is 146 Å². The third-order valence-electron chi connectivity index (χ3n) is 3.24. The molecule has 0 fully saturated rings. The molecule has 3 amide bonds. The van der Waals surface area contributed by atoms with Crippen LogP contribution in [0.3, 0.4) is 0 Å². The molecular weight excluding hydrogens is 332 g/mol. The Hall–Kier alpha value is -2.20. The second kappa shape index (κ2) is 10.6. The fourth-order valence-electron chi connectivity index (χ4n) is 1.91. The molecule has 0 heterocycles. The van der Waals surface area contributed by atoms with Gasteiger partial charge in [-0.2, -0.15) is 0 Å². The van der Waals surface area contributed by atoms with Crippen molar-refractivity contribution in [1.82, 2.24) is 16.0 Å². The average molecular weight is 360 g/mol. The van der Waals surface area contributed by atoms with Crippen molar-refractivity contribution in [1.29, 1.82) is 0 Å². The van der Waals surface area contributed by atoms with Crippen molar-refractivity contribution in [3.8, 4) is 0 Å². The summed E-state index contributed by atoms with van der Waals surface area (Å²) < 4.78 is 0. The van der Waals surface area contributed by atoms with Crippen molar-refractivity contribution >= 4 is 23.7 Å². The highest BCUT2D eigenvalue weighted by atomic mass is 16.4. The van der Waals surface area contributed by atoms with Crippen LogP contribution in [0.25, 0.3) is 0 Å². The molecular formula is C15H28N4O6. The SMILES string of the molecule is CC(C)CC(NC(=O)CNC(=O)C(NC(=O)C(C)N)C(C)O)C(=O)O. The van der Waals surface area contributed by atoms with Crippen LogP contribution < -0.4 is 21.7 Å². The molecule has 0 aliphatic carbocycles. The van der Waals surface area contributed by atoms with Crippen LogP contribution in [-0.4, -0.2) is 64.7 Å². The predicted octanol–water partition coefficient (Wildman–Crippen LogP) is -2.07. The van der Waals surface area contributed by atoms with Crippen molar-refractivity contribution < 1.29 is 29.4 Å². The number of aliphatic hydroxyl groups excluding tert-OH is 1. The van der Waals surface area contributed by atoms with Gasteiger partial charge in [-0.3, -0.25) is 14.4 Å². The van der Waals surface area contributed by atoms with Crippen molar-refractivity contribution in [2.24, 2.45) is 11.7 Å². The van der Waals surface area contributed by atoms with Gasteiger partial charge in [-0.1, -0.05) is 13.8 Å². The van der Waals surface area contributed by atoms with Crippen LogP contribution >= 0.6 is 0 Å². The van der Waals surface area contributed by atoms with Gasteiger partial charge < -0.3 is 31.9 Å². The minimum atomic E-state index is -1.28. The maximum atomic E-state index is 12.0. The average Bonchev–Trinajstić information content (AvgIpc) is 2.48. The molecule has 4 atom stereocenters. The van der Waals surface area contributed by atoms with Crippen molar-refractivity contribution in [2.45, 2.75) is 58.3 Å². The first-order valence-corrected chi connectivity index (χ1v) is 7.99. The van der Waals surface area contributed by atoms with Gasteiger partial charge in [0.1, 0.15) is 12.1 Å². The van der Waals surface area contributed by atoms with Crippen LogP contribution in [-0.2, 0) is 19.2 Å². The van der Waals surface area contributed by atoms with Gasteiger partial charge in [0.2, 0.25) is 17.7 Å². The first-order chi connectivity index (χ1) is 11.5. The maximum absolute atomic E-state index is 12.0. The molecule has 0 spiro atoms. The molecule has 0 aliphatic heterocycles. The van der Waals surface area contributed by atoms with Gasteiger partial charge in [0.15, 0.2) is 0 Å². The number of rotatable bonds is 10. The summed E-state index contributed by atoms with van der Waals surface area (Å²) in [4.78, 5) is 46.5. The fraction of sp³-hybridized carbons (Fsp3) is 0.733. The lowest BCUT2D eigenvalue weighted by Crippen LogP contribution is -2.56. The summed E-state index contributed by atoms with van der Waals surface area (Å²) in [6, 6.07) is -3.21. The topological polar surface area (TPSA) is 171 Å². The van der Waals surface area contributed by atoms with Crippen LogP contribution in [0.5, 0.6) is 0 Å². The predicted molar refractivity (Wildman–Crippen MR) is 89.3 cm³/mol. The second-order valence-corrected chi connectivity index (χ2v) is 6.32. The van der Waals surface area contributed by atoms with Gasteiger partial charge in [0, 0.05) is 0 Å². The van der Waals surface area contributed by atoms with Crippen molar-refractivity contribution in [3.05, 3.63) is 0 Å². The molecule has 0 aromatic rings. The summed E-state index contributed by atoms with van der Waals surface area (Å²) in [7, 11) is 0. The Morgan fingerprint density at radius 1 is 1.00 bits per heavy atom. The summed E-state index contributed by atoms with van der Waals surface area (Å²) in [6.45, 7) is 5.86. The van der Waals surface area contributed by atoms with E-state index in [2.05, 4.69) is 16.0 Å². The lowest BCUT2D eigenvalue weighted by atomic mass is 10.0.